The van der Waals surface area contributed by atoms with Gasteiger partial charge in [0.05, 0.1) is 11.7 Å². The van der Waals surface area contributed by atoms with Crippen molar-refractivity contribution in [3.8, 4) is 0 Å². The van der Waals surface area contributed by atoms with Crippen LogP contribution in [0.15, 0.2) is 23.2 Å². The fourth-order valence-corrected chi connectivity index (χ4v) is 4.97. The Morgan fingerprint density at radius 2 is 1.77 bits per heavy atom. The molecule has 0 unspecified atom stereocenters. The minimum absolute atomic E-state index is 0.0476. The first-order chi connectivity index (χ1) is 14.7. The molecule has 176 valence electrons. The van der Waals surface area contributed by atoms with Crippen LogP contribution in [0.25, 0.3) is 0 Å². The predicted molar refractivity (Wildman–Crippen MR) is 116 cm³/mol. The molecule has 2 aliphatic carbocycles. The van der Waals surface area contributed by atoms with E-state index in [9.17, 15) is 24.9 Å². The number of esters is 1. The van der Waals surface area contributed by atoms with Crippen LogP contribution in [0.4, 0.5) is 0 Å². The standard InChI is InChI=1S/C24H38O7/c1-4-15(5-2)24(30)31-20-13-19(26)23(29)17-12-18(25)14(3)16(22(17)20)10-8-6-7-9-11-21(27)28/h12,14-16,19-20,22,25-26,29H,4-11,13H2,1-3H3,(H,27,28)/t14-,16+,19-,20-,22+/m0/s1. The summed E-state index contributed by atoms with van der Waals surface area (Å²) in [7, 11) is 0. The molecule has 2 aliphatic rings. The smallest absolute Gasteiger partial charge is 0.309 e. The van der Waals surface area contributed by atoms with E-state index in [2.05, 4.69) is 0 Å². The first-order valence-electron chi connectivity index (χ1n) is 11.6. The zero-order chi connectivity index (χ0) is 23.1. The highest BCUT2D eigenvalue weighted by Crippen LogP contribution is 2.47. The molecule has 0 radical (unpaired) electrons. The number of carbonyl (C=O) groups excluding carboxylic acids is 1. The Balaban J connectivity index is 2.18. The van der Waals surface area contributed by atoms with Gasteiger partial charge in [0.2, 0.25) is 0 Å². The van der Waals surface area contributed by atoms with Gasteiger partial charge in [0, 0.05) is 30.3 Å². The maximum atomic E-state index is 12.7. The van der Waals surface area contributed by atoms with Gasteiger partial charge >= 0.3 is 11.9 Å². The first-order valence-corrected chi connectivity index (χ1v) is 11.6. The number of ether oxygens (including phenoxy) is 1. The van der Waals surface area contributed by atoms with E-state index in [1.807, 2.05) is 20.8 Å². The van der Waals surface area contributed by atoms with E-state index in [0.717, 1.165) is 25.7 Å². The molecule has 7 heteroatoms. The Labute approximate surface area is 184 Å². The molecule has 0 aromatic rings. The van der Waals surface area contributed by atoms with Crippen molar-refractivity contribution in [2.75, 3.05) is 0 Å². The molecule has 0 aromatic carbocycles. The number of unbranched alkanes of at least 4 members (excludes halogenated alkanes) is 3. The minimum Gasteiger partial charge on any atom is -0.512 e. The van der Waals surface area contributed by atoms with Gasteiger partial charge in [-0.25, -0.2) is 0 Å². The van der Waals surface area contributed by atoms with Crippen LogP contribution in [-0.4, -0.2) is 44.6 Å². The fraction of sp³-hybridized carbons (Fsp3) is 0.750. The van der Waals surface area contributed by atoms with Crippen LogP contribution in [0.5, 0.6) is 0 Å². The molecule has 0 aliphatic heterocycles. The molecule has 0 fully saturated rings. The molecule has 2 rings (SSSR count). The van der Waals surface area contributed by atoms with Gasteiger partial charge in [0.1, 0.15) is 18.0 Å². The summed E-state index contributed by atoms with van der Waals surface area (Å²) in [4.78, 5) is 23.3. The number of rotatable bonds is 11. The quantitative estimate of drug-likeness (QED) is 0.273. The van der Waals surface area contributed by atoms with Gasteiger partial charge in [-0.1, -0.05) is 40.0 Å². The van der Waals surface area contributed by atoms with Gasteiger partial charge in [-0.15, -0.1) is 0 Å². The topological polar surface area (TPSA) is 124 Å². The molecule has 31 heavy (non-hydrogen) atoms. The second-order valence-electron chi connectivity index (χ2n) is 8.97. The third-order valence-corrected chi connectivity index (χ3v) is 6.96. The largest absolute Gasteiger partial charge is 0.512 e. The van der Waals surface area contributed by atoms with Gasteiger partial charge in [-0.3, -0.25) is 9.59 Å². The molecular formula is C24H38O7. The monoisotopic (exact) mass is 438 g/mol. The molecule has 7 nitrogen and oxygen atoms in total. The molecule has 0 bridgehead atoms. The highest BCUT2D eigenvalue weighted by molar-refractivity contribution is 5.72. The van der Waals surface area contributed by atoms with E-state index >= 15 is 0 Å². The maximum absolute atomic E-state index is 12.7. The van der Waals surface area contributed by atoms with Crippen LogP contribution in [0.3, 0.4) is 0 Å². The molecule has 0 aromatic heterocycles. The van der Waals surface area contributed by atoms with Crippen molar-refractivity contribution in [3.05, 3.63) is 23.2 Å². The third kappa shape index (κ3) is 6.25. The summed E-state index contributed by atoms with van der Waals surface area (Å²) < 4.78 is 5.89. The normalized spacial score (nSPS) is 28.3. The molecule has 0 saturated carbocycles. The number of aliphatic carboxylic acids is 1. The summed E-state index contributed by atoms with van der Waals surface area (Å²) in [6.07, 6.45) is 5.44. The summed E-state index contributed by atoms with van der Waals surface area (Å²) in [6, 6.07) is 0. The highest BCUT2D eigenvalue weighted by atomic mass is 16.5. The van der Waals surface area contributed by atoms with Gasteiger partial charge in [0.15, 0.2) is 0 Å². The van der Waals surface area contributed by atoms with Crippen LogP contribution in [0, 0.1) is 23.7 Å². The average molecular weight is 439 g/mol. The van der Waals surface area contributed by atoms with E-state index in [-0.39, 0.29) is 54.0 Å². The van der Waals surface area contributed by atoms with Gasteiger partial charge in [-0.05, 0) is 37.7 Å². The van der Waals surface area contributed by atoms with E-state index < -0.39 is 18.2 Å². The maximum Gasteiger partial charge on any atom is 0.309 e. The van der Waals surface area contributed by atoms with Gasteiger partial charge in [0.25, 0.3) is 0 Å². The van der Waals surface area contributed by atoms with Crippen LogP contribution in [0.2, 0.25) is 0 Å². The van der Waals surface area contributed by atoms with Gasteiger partial charge in [-0.2, -0.15) is 0 Å². The van der Waals surface area contributed by atoms with Crippen molar-refractivity contribution < 1.29 is 34.8 Å². The second-order valence-corrected chi connectivity index (χ2v) is 8.97. The van der Waals surface area contributed by atoms with Crippen LogP contribution in [0.1, 0.15) is 78.6 Å². The Bertz CT molecular complexity index is 692. The van der Waals surface area contributed by atoms with Crippen molar-refractivity contribution in [1.29, 1.82) is 0 Å². The third-order valence-electron chi connectivity index (χ3n) is 6.96. The summed E-state index contributed by atoms with van der Waals surface area (Å²) in [5, 5.41) is 40.1. The number of carboxylic acid groups (broad SMARTS) is 1. The second kappa shape index (κ2) is 11.6. The molecule has 5 atom stereocenters. The van der Waals surface area contributed by atoms with Crippen molar-refractivity contribution in [2.45, 2.75) is 90.8 Å². The molecule has 0 heterocycles. The molecular weight excluding hydrogens is 400 g/mol. The Hall–Kier alpha value is -2.02. The lowest BCUT2D eigenvalue weighted by atomic mass is 9.65. The number of allylic oxidation sites excluding steroid dienone is 2. The zero-order valence-electron chi connectivity index (χ0n) is 18.9. The molecule has 0 amide bonds. The molecule has 0 saturated heterocycles. The van der Waals surface area contributed by atoms with E-state index in [1.54, 1.807) is 0 Å². The predicted octanol–water partition coefficient (Wildman–Crippen LogP) is 4.66. The van der Waals surface area contributed by atoms with Crippen LogP contribution >= 0.6 is 0 Å². The number of carboxylic acids is 1. The van der Waals surface area contributed by atoms with Crippen molar-refractivity contribution in [1.82, 2.24) is 0 Å². The van der Waals surface area contributed by atoms with Crippen LogP contribution < -0.4 is 0 Å². The van der Waals surface area contributed by atoms with E-state index in [0.29, 0.717) is 24.8 Å². The summed E-state index contributed by atoms with van der Waals surface area (Å²) in [5.74, 6) is -1.74. The number of fused-ring (bicyclic) bond motifs is 1. The van der Waals surface area contributed by atoms with Crippen LogP contribution in [-0.2, 0) is 14.3 Å². The summed E-state index contributed by atoms with van der Waals surface area (Å²) >= 11 is 0. The zero-order valence-corrected chi connectivity index (χ0v) is 18.9. The van der Waals surface area contributed by atoms with E-state index in [4.69, 9.17) is 9.84 Å². The highest BCUT2D eigenvalue weighted by Gasteiger charge is 2.47. The lowest BCUT2D eigenvalue weighted by Gasteiger charge is -2.44. The van der Waals surface area contributed by atoms with Crippen molar-refractivity contribution in [2.24, 2.45) is 23.7 Å². The fourth-order valence-electron chi connectivity index (χ4n) is 4.97. The summed E-state index contributed by atoms with van der Waals surface area (Å²) in [5.41, 5.74) is 0.465. The molecule has 4 N–H and O–H groups in total. The van der Waals surface area contributed by atoms with Gasteiger partial charge < -0.3 is 25.2 Å². The number of hydrogen-bond donors (Lipinski definition) is 4. The first kappa shape index (κ1) is 25.2. The Morgan fingerprint density at radius 1 is 1.13 bits per heavy atom. The summed E-state index contributed by atoms with van der Waals surface area (Å²) in [6.45, 7) is 5.82. The van der Waals surface area contributed by atoms with Crippen molar-refractivity contribution in [3.63, 3.8) is 0 Å². The van der Waals surface area contributed by atoms with E-state index in [1.165, 1.54) is 6.08 Å². The number of aliphatic hydroxyl groups is 3. The Kier molecular flexibility index (Phi) is 9.41. The number of aliphatic hydroxyl groups excluding tert-OH is 3. The lowest BCUT2D eigenvalue weighted by molar-refractivity contribution is -0.161. The minimum atomic E-state index is -1.13. The average Bonchev–Trinajstić information content (AvgIpc) is 2.71. The lowest BCUT2D eigenvalue weighted by Crippen LogP contribution is -2.45. The SMILES string of the molecule is CCC(CC)C(=O)O[C@H]1C[C@H](O)C(O)=C2C=C(O)[C@@H](C)[C@@H](CCCCCCC(=O)O)[C@H]21. The Morgan fingerprint density at radius 3 is 2.39 bits per heavy atom. The number of hydrogen-bond acceptors (Lipinski definition) is 6. The molecule has 0 spiro atoms. The number of carbonyl (C=O) groups is 2. The van der Waals surface area contributed by atoms with Crippen molar-refractivity contribution >= 4 is 11.9 Å².